The van der Waals surface area contributed by atoms with Crippen molar-refractivity contribution in [3.8, 4) is 0 Å². The lowest BCUT2D eigenvalue weighted by Gasteiger charge is -2.08. The molecule has 0 aliphatic carbocycles. The molecule has 3 aromatic heterocycles. The topological polar surface area (TPSA) is 49.8 Å². The van der Waals surface area contributed by atoms with Crippen molar-refractivity contribution in [2.24, 2.45) is 0 Å². The Kier molecular flexibility index (Phi) is 4.05. The molecule has 0 amide bonds. The van der Waals surface area contributed by atoms with Gasteiger partial charge < -0.3 is 10.6 Å². The first kappa shape index (κ1) is 13.6. The van der Waals surface area contributed by atoms with E-state index in [9.17, 15) is 0 Å². The zero-order valence-corrected chi connectivity index (χ0v) is 13.2. The average molecular weight is 325 g/mol. The number of aromatic nitrogens is 2. The van der Waals surface area contributed by atoms with E-state index in [1.807, 2.05) is 30.5 Å². The molecule has 104 valence electrons. The number of nitrogens with zero attached hydrogens (tertiary/aromatic N) is 2. The average Bonchev–Trinajstić information content (AvgIpc) is 3.05. The third-order valence-electron chi connectivity index (χ3n) is 2.72. The number of thiophene rings is 2. The summed E-state index contributed by atoms with van der Waals surface area (Å²) >= 11 is 9.14. The van der Waals surface area contributed by atoms with Crippen molar-refractivity contribution in [2.75, 3.05) is 17.2 Å². The van der Waals surface area contributed by atoms with Crippen LogP contribution in [0.15, 0.2) is 23.6 Å². The smallest absolute Gasteiger partial charge is 0.226 e. The maximum Gasteiger partial charge on any atom is 0.226 e. The Balaban J connectivity index is 1.87. The number of fused-ring (bicyclic) bond motifs is 1. The Bertz CT molecular complexity index is 722. The first-order valence-corrected chi connectivity index (χ1v) is 8.31. The molecule has 0 fully saturated rings. The van der Waals surface area contributed by atoms with Gasteiger partial charge in [-0.05, 0) is 30.5 Å². The van der Waals surface area contributed by atoms with Crippen molar-refractivity contribution in [3.63, 3.8) is 0 Å². The summed E-state index contributed by atoms with van der Waals surface area (Å²) in [5.41, 5.74) is 0. The van der Waals surface area contributed by atoms with Crippen molar-refractivity contribution in [3.05, 3.63) is 32.8 Å². The lowest BCUT2D eigenvalue weighted by atomic mass is 10.3. The summed E-state index contributed by atoms with van der Waals surface area (Å²) in [7, 11) is 0. The molecular formula is C13H13ClN4S2. The van der Waals surface area contributed by atoms with Crippen LogP contribution in [-0.2, 0) is 6.54 Å². The van der Waals surface area contributed by atoms with Gasteiger partial charge in [0, 0.05) is 11.4 Å². The predicted molar refractivity (Wildman–Crippen MR) is 88.2 cm³/mol. The number of halogens is 1. The summed E-state index contributed by atoms with van der Waals surface area (Å²) in [6.07, 6.45) is 0. The molecular weight excluding hydrogens is 312 g/mol. The second-order valence-corrected chi connectivity index (χ2v) is 6.82. The van der Waals surface area contributed by atoms with Crippen molar-refractivity contribution in [1.82, 2.24) is 9.97 Å². The molecule has 0 unspecified atom stereocenters. The van der Waals surface area contributed by atoms with Gasteiger partial charge in [-0.2, -0.15) is 4.98 Å². The number of anilines is 2. The van der Waals surface area contributed by atoms with Crippen molar-refractivity contribution < 1.29 is 0 Å². The quantitative estimate of drug-likeness (QED) is 0.728. The first-order chi connectivity index (χ1) is 9.76. The number of hydrogen-bond donors (Lipinski definition) is 2. The molecule has 0 aliphatic rings. The molecule has 0 atom stereocenters. The molecule has 3 aromatic rings. The second-order valence-electron chi connectivity index (χ2n) is 4.12. The monoisotopic (exact) mass is 324 g/mol. The molecule has 0 aromatic carbocycles. The van der Waals surface area contributed by atoms with Crippen LogP contribution in [0.3, 0.4) is 0 Å². The van der Waals surface area contributed by atoms with Gasteiger partial charge in [0.25, 0.3) is 0 Å². The summed E-state index contributed by atoms with van der Waals surface area (Å²) in [4.78, 5) is 11.2. The molecule has 0 bridgehead atoms. The summed E-state index contributed by atoms with van der Waals surface area (Å²) in [6.45, 7) is 3.55. The largest absolute Gasteiger partial charge is 0.364 e. The molecule has 0 saturated heterocycles. The minimum absolute atomic E-state index is 0.661. The van der Waals surface area contributed by atoms with E-state index in [0.29, 0.717) is 12.5 Å². The van der Waals surface area contributed by atoms with Crippen molar-refractivity contribution in [1.29, 1.82) is 0 Å². The summed E-state index contributed by atoms with van der Waals surface area (Å²) < 4.78 is 0.804. The molecule has 4 nitrogen and oxygen atoms in total. The molecule has 0 radical (unpaired) electrons. The lowest BCUT2D eigenvalue weighted by molar-refractivity contribution is 1.09. The van der Waals surface area contributed by atoms with Gasteiger partial charge in [-0.15, -0.1) is 22.7 Å². The van der Waals surface area contributed by atoms with Gasteiger partial charge in [-0.3, -0.25) is 0 Å². The van der Waals surface area contributed by atoms with Crippen LogP contribution in [0.1, 0.15) is 11.8 Å². The zero-order chi connectivity index (χ0) is 13.9. The minimum Gasteiger partial charge on any atom is -0.364 e. The number of rotatable bonds is 5. The Labute approximate surface area is 129 Å². The van der Waals surface area contributed by atoms with Crippen molar-refractivity contribution in [2.45, 2.75) is 13.5 Å². The fourth-order valence-electron chi connectivity index (χ4n) is 1.84. The highest BCUT2D eigenvalue weighted by Crippen LogP contribution is 2.28. The van der Waals surface area contributed by atoms with Gasteiger partial charge >= 0.3 is 0 Å². The van der Waals surface area contributed by atoms with E-state index < -0.39 is 0 Å². The highest BCUT2D eigenvalue weighted by atomic mass is 35.5. The third-order valence-corrected chi connectivity index (χ3v) is 4.76. The normalized spacial score (nSPS) is 10.9. The summed E-state index contributed by atoms with van der Waals surface area (Å²) in [5.74, 6) is 1.52. The van der Waals surface area contributed by atoms with Crippen LogP contribution in [0.2, 0.25) is 4.34 Å². The van der Waals surface area contributed by atoms with Gasteiger partial charge in [0.2, 0.25) is 5.95 Å². The van der Waals surface area contributed by atoms with E-state index in [1.165, 1.54) is 4.88 Å². The third kappa shape index (κ3) is 2.87. The van der Waals surface area contributed by atoms with E-state index in [2.05, 4.69) is 20.6 Å². The minimum atomic E-state index is 0.661. The predicted octanol–water partition coefficient (Wildman–Crippen LogP) is 4.45. The second kappa shape index (κ2) is 5.95. The fraction of sp³-hybridized carbons (Fsp3) is 0.231. The lowest BCUT2D eigenvalue weighted by Crippen LogP contribution is -2.06. The maximum absolute atomic E-state index is 5.94. The standard InChI is InChI=1S/C13H13ClN4S2/c1-2-15-13-17-11(9-5-6-19-12(9)18-13)16-7-8-3-4-10(14)20-8/h3-6H,2,7H2,1H3,(H2,15,16,17,18). The Hall–Kier alpha value is -1.37. The number of hydrogen-bond acceptors (Lipinski definition) is 6. The SMILES string of the molecule is CCNc1nc(NCc2ccc(Cl)s2)c2ccsc2n1. The van der Waals surface area contributed by atoms with Gasteiger partial charge in [-0.1, -0.05) is 11.6 Å². The van der Waals surface area contributed by atoms with Crippen molar-refractivity contribution >= 4 is 56.3 Å². The van der Waals surface area contributed by atoms with Gasteiger partial charge in [0.15, 0.2) is 0 Å². The molecule has 0 saturated carbocycles. The van der Waals surface area contributed by atoms with Crippen LogP contribution in [-0.4, -0.2) is 16.5 Å². The molecule has 2 N–H and O–H groups in total. The van der Waals surface area contributed by atoms with Crippen LogP contribution in [0.25, 0.3) is 10.2 Å². The Morgan fingerprint density at radius 3 is 2.85 bits per heavy atom. The van der Waals surface area contributed by atoms with Crippen LogP contribution in [0, 0.1) is 0 Å². The van der Waals surface area contributed by atoms with E-state index in [0.717, 1.165) is 26.9 Å². The molecule has 3 heterocycles. The van der Waals surface area contributed by atoms with Gasteiger partial charge in [-0.25, -0.2) is 4.98 Å². The van der Waals surface area contributed by atoms with E-state index in [4.69, 9.17) is 11.6 Å². The van der Waals surface area contributed by atoms with Crippen LogP contribution in [0.4, 0.5) is 11.8 Å². The highest BCUT2D eigenvalue weighted by Gasteiger charge is 2.08. The molecule has 7 heteroatoms. The fourth-order valence-corrected chi connectivity index (χ4v) is 3.64. The van der Waals surface area contributed by atoms with E-state index in [1.54, 1.807) is 22.7 Å². The zero-order valence-electron chi connectivity index (χ0n) is 10.8. The van der Waals surface area contributed by atoms with E-state index >= 15 is 0 Å². The summed E-state index contributed by atoms with van der Waals surface area (Å²) in [5, 5.41) is 9.61. The first-order valence-electron chi connectivity index (χ1n) is 6.23. The van der Waals surface area contributed by atoms with E-state index in [-0.39, 0.29) is 0 Å². The Morgan fingerprint density at radius 1 is 1.20 bits per heavy atom. The molecule has 3 rings (SSSR count). The molecule has 20 heavy (non-hydrogen) atoms. The maximum atomic E-state index is 5.94. The van der Waals surface area contributed by atoms with Gasteiger partial charge in [0.05, 0.1) is 16.3 Å². The highest BCUT2D eigenvalue weighted by molar-refractivity contribution is 7.17. The van der Waals surface area contributed by atoms with Crippen LogP contribution in [0.5, 0.6) is 0 Å². The number of nitrogens with one attached hydrogen (secondary N) is 2. The molecule has 0 spiro atoms. The van der Waals surface area contributed by atoms with Crippen LogP contribution >= 0.6 is 34.3 Å². The Morgan fingerprint density at radius 2 is 2.10 bits per heavy atom. The molecule has 0 aliphatic heterocycles. The summed E-state index contributed by atoms with van der Waals surface area (Å²) in [6, 6.07) is 5.98. The van der Waals surface area contributed by atoms with Crippen LogP contribution < -0.4 is 10.6 Å². The van der Waals surface area contributed by atoms with Gasteiger partial charge in [0.1, 0.15) is 10.6 Å².